The number of fused-ring (bicyclic) bond motifs is 1. The minimum atomic E-state index is -0.0425. The van der Waals surface area contributed by atoms with Crippen molar-refractivity contribution in [2.75, 3.05) is 10.7 Å². The monoisotopic (exact) mass is 249 g/mol. The lowest BCUT2D eigenvalue weighted by molar-refractivity contribution is 0.509. The first-order valence-corrected chi connectivity index (χ1v) is 6.01. The first kappa shape index (κ1) is 12.6. The summed E-state index contributed by atoms with van der Waals surface area (Å²) in [5, 5.41) is 11.1. The van der Waals surface area contributed by atoms with Crippen LogP contribution in [0.5, 0.6) is 0 Å². The summed E-state index contributed by atoms with van der Waals surface area (Å²) in [6.45, 7) is 6.43. The Kier molecular flexibility index (Phi) is 3.33. The molecule has 5 N–H and O–H groups in total. The SMILES string of the molecule is CCCC(C)(C)Nc1nc(NN)nc2[nH]ncc12. The number of hydrazine groups is 1. The summed E-state index contributed by atoms with van der Waals surface area (Å²) in [6, 6.07) is 0. The van der Waals surface area contributed by atoms with Crippen LogP contribution >= 0.6 is 0 Å². The maximum absolute atomic E-state index is 5.36. The van der Waals surface area contributed by atoms with E-state index in [0.29, 0.717) is 11.6 Å². The van der Waals surface area contributed by atoms with Gasteiger partial charge in [-0.3, -0.25) is 10.5 Å². The second kappa shape index (κ2) is 4.77. The molecular weight excluding hydrogens is 230 g/mol. The Bertz CT molecular complexity index is 531. The third kappa shape index (κ3) is 2.51. The zero-order chi connectivity index (χ0) is 13.2. The van der Waals surface area contributed by atoms with Gasteiger partial charge in [-0.1, -0.05) is 13.3 Å². The maximum atomic E-state index is 5.36. The van der Waals surface area contributed by atoms with Gasteiger partial charge in [0.05, 0.1) is 11.6 Å². The molecule has 18 heavy (non-hydrogen) atoms. The van der Waals surface area contributed by atoms with Gasteiger partial charge in [0.15, 0.2) is 5.65 Å². The molecule has 7 nitrogen and oxygen atoms in total. The lowest BCUT2D eigenvalue weighted by Gasteiger charge is -2.26. The Morgan fingerprint density at radius 1 is 1.39 bits per heavy atom. The average molecular weight is 249 g/mol. The van der Waals surface area contributed by atoms with Crippen LogP contribution in [0.1, 0.15) is 33.6 Å². The zero-order valence-corrected chi connectivity index (χ0v) is 10.9. The normalized spacial score (nSPS) is 11.8. The first-order valence-electron chi connectivity index (χ1n) is 6.01. The molecule has 98 valence electrons. The largest absolute Gasteiger partial charge is 0.364 e. The van der Waals surface area contributed by atoms with E-state index in [9.17, 15) is 0 Å². The number of aromatic amines is 1. The second-order valence-electron chi connectivity index (χ2n) is 4.93. The molecule has 0 saturated carbocycles. The third-order valence-electron chi connectivity index (χ3n) is 2.77. The van der Waals surface area contributed by atoms with Crippen LogP contribution in [-0.4, -0.2) is 25.7 Å². The molecule has 0 aliphatic rings. The van der Waals surface area contributed by atoms with Crippen LogP contribution in [0.25, 0.3) is 11.0 Å². The van der Waals surface area contributed by atoms with Crippen molar-refractivity contribution >= 4 is 22.8 Å². The Labute approximate surface area is 106 Å². The van der Waals surface area contributed by atoms with Crippen molar-refractivity contribution in [3.63, 3.8) is 0 Å². The topological polar surface area (TPSA) is 105 Å². The van der Waals surface area contributed by atoms with Crippen molar-refractivity contribution in [1.82, 2.24) is 20.2 Å². The summed E-state index contributed by atoms with van der Waals surface area (Å²) in [5.41, 5.74) is 3.07. The number of hydrogen-bond donors (Lipinski definition) is 4. The minimum absolute atomic E-state index is 0.0425. The Morgan fingerprint density at radius 2 is 2.17 bits per heavy atom. The van der Waals surface area contributed by atoms with Gasteiger partial charge in [0, 0.05) is 5.54 Å². The van der Waals surface area contributed by atoms with E-state index in [4.69, 9.17) is 5.84 Å². The maximum Gasteiger partial charge on any atom is 0.241 e. The number of nitrogen functional groups attached to an aromatic ring is 1. The van der Waals surface area contributed by atoms with E-state index < -0.39 is 0 Å². The van der Waals surface area contributed by atoms with Crippen LogP contribution in [0.3, 0.4) is 0 Å². The van der Waals surface area contributed by atoms with Crippen LogP contribution in [0.2, 0.25) is 0 Å². The fourth-order valence-electron chi connectivity index (χ4n) is 2.00. The van der Waals surface area contributed by atoms with E-state index in [0.717, 1.165) is 24.0 Å². The van der Waals surface area contributed by atoms with E-state index >= 15 is 0 Å². The lowest BCUT2D eigenvalue weighted by atomic mass is 9.99. The molecular formula is C11H19N7. The fraction of sp³-hybridized carbons (Fsp3) is 0.545. The molecule has 0 bridgehead atoms. The minimum Gasteiger partial charge on any atom is -0.364 e. The molecule has 0 amide bonds. The number of anilines is 2. The molecule has 0 saturated heterocycles. The number of H-pyrrole nitrogens is 1. The van der Waals surface area contributed by atoms with Crippen LogP contribution in [0.15, 0.2) is 6.20 Å². The number of aromatic nitrogens is 4. The molecule has 2 rings (SSSR count). The van der Waals surface area contributed by atoms with Gasteiger partial charge < -0.3 is 5.32 Å². The molecule has 7 heteroatoms. The summed E-state index contributed by atoms with van der Waals surface area (Å²) in [5.74, 6) is 6.46. The summed E-state index contributed by atoms with van der Waals surface area (Å²) < 4.78 is 0. The van der Waals surface area contributed by atoms with E-state index in [1.165, 1.54) is 0 Å². The highest BCUT2D eigenvalue weighted by molar-refractivity contribution is 5.87. The second-order valence-corrected chi connectivity index (χ2v) is 4.93. The summed E-state index contributed by atoms with van der Waals surface area (Å²) in [7, 11) is 0. The predicted molar refractivity (Wildman–Crippen MR) is 72.1 cm³/mol. The summed E-state index contributed by atoms with van der Waals surface area (Å²) in [6.07, 6.45) is 3.85. The number of rotatable bonds is 5. The van der Waals surface area contributed by atoms with Gasteiger partial charge in [0.1, 0.15) is 5.82 Å². The van der Waals surface area contributed by atoms with Gasteiger partial charge in [0.25, 0.3) is 0 Å². The smallest absolute Gasteiger partial charge is 0.241 e. The van der Waals surface area contributed by atoms with E-state index in [2.05, 4.69) is 51.7 Å². The molecule has 0 unspecified atom stereocenters. The highest BCUT2D eigenvalue weighted by atomic mass is 15.3. The molecule has 0 aliphatic carbocycles. The fourth-order valence-corrected chi connectivity index (χ4v) is 2.00. The Morgan fingerprint density at radius 3 is 2.83 bits per heavy atom. The van der Waals surface area contributed by atoms with E-state index in [1.807, 2.05) is 0 Å². The summed E-state index contributed by atoms with van der Waals surface area (Å²) >= 11 is 0. The lowest BCUT2D eigenvalue weighted by Crippen LogP contribution is -2.31. The standard InChI is InChI=1S/C11H19N7/c1-4-5-11(2,3)16-8-7-6-13-18-9(7)15-10(14-8)17-12/h6H,4-5,12H2,1-3H3,(H3,13,14,15,16,17,18). The molecule has 0 atom stereocenters. The molecule has 2 aromatic heterocycles. The zero-order valence-electron chi connectivity index (χ0n) is 10.9. The van der Waals surface area contributed by atoms with Gasteiger partial charge in [-0.25, -0.2) is 5.84 Å². The van der Waals surface area contributed by atoms with Gasteiger partial charge in [-0.05, 0) is 20.3 Å². The van der Waals surface area contributed by atoms with Gasteiger partial charge >= 0.3 is 0 Å². The molecule has 0 aromatic carbocycles. The Balaban J connectivity index is 2.39. The van der Waals surface area contributed by atoms with Crippen molar-refractivity contribution in [2.45, 2.75) is 39.2 Å². The molecule has 0 fully saturated rings. The van der Waals surface area contributed by atoms with Crippen LogP contribution in [-0.2, 0) is 0 Å². The molecule has 2 aromatic rings. The molecule has 0 aliphatic heterocycles. The summed E-state index contributed by atoms with van der Waals surface area (Å²) in [4.78, 5) is 8.53. The Hall–Kier alpha value is -1.89. The quantitative estimate of drug-likeness (QED) is 0.474. The predicted octanol–water partition coefficient (Wildman–Crippen LogP) is 1.63. The highest BCUT2D eigenvalue weighted by Crippen LogP contribution is 2.24. The van der Waals surface area contributed by atoms with Crippen molar-refractivity contribution in [3.05, 3.63) is 6.20 Å². The van der Waals surface area contributed by atoms with Gasteiger partial charge in [-0.2, -0.15) is 15.1 Å². The number of nitrogens with zero attached hydrogens (tertiary/aromatic N) is 3. The molecule has 0 radical (unpaired) electrons. The van der Waals surface area contributed by atoms with Crippen molar-refractivity contribution < 1.29 is 0 Å². The molecule has 0 spiro atoms. The number of nitrogens with one attached hydrogen (secondary N) is 3. The van der Waals surface area contributed by atoms with E-state index in [-0.39, 0.29) is 5.54 Å². The third-order valence-corrected chi connectivity index (χ3v) is 2.77. The molecule has 2 heterocycles. The first-order chi connectivity index (χ1) is 8.55. The van der Waals surface area contributed by atoms with Crippen LogP contribution < -0.4 is 16.6 Å². The van der Waals surface area contributed by atoms with Crippen molar-refractivity contribution in [3.8, 4) is 0 Å². The average Bonchev–Trinajstić information content (AvgIpc) is 2.76. The van der Waals surface area contributed by atoms with Gasteiger partial charge in [0.2, 0.25) is 5.95 Å². The van der Waals surface area contributed by atoms with Crippen molar-refractivity contribution in [2.24, 2.45) is 5.84 Å². The van der Waals surface area contributed by atoms with E-state index in [1.54, 1.807) is 6.20 Å². The highest BCUT2D eigenvalue weighted by Gasteiger charge is 2.19. The van der Waals surface area contributed by atoms with Gasteiger partial charge in [-0.15, -0.1) is 0 Å². The van der Waals surface area contributed by atoms with Crippen molar-refractivity contribution in [1.29, 1.82) is 0 Å². The number of hydrogen-bond acceptors (Lipinski definition) is 6. The van der Waals surface area contributed by atoms with Crippen LogP contribution in [0, 0.1) is 0 Å². The van der Waals surface area contributed by atoms with Crippen LogP contribution in [0.4, 0.5) is 11.8 Å². The number of nitrogens with two attached hydrogens (primary N) is 1.